The lowest BCUT2D eigenvalue weighted by atomic mass is 9.85. The van der Waals surface area contributed by atoms with Crippen LogP contribution in [0.3, 0.4) is 0 Å². The van der Waals surface area contributed by atoms with E-state index in [9.17, 15) is 18.3 Å². The van der Waals surface area contributed by atoms with Crippen molar-refractivity contribution in [3.05, 3.63) is 53.1 Å². The molecule has 3 atom stereocenters. The second kappa shape index (κ2) is 10.0. The van der Waals surface area contributed by atoms with Gasteiger partial charge in [-0.3, -0.25) is 9.52 Å². The van der Waals surface area contributed by atoms with Crippen molar-refractivity contribution in [1.29, 1.82) is 0 Å². The van der Waals surface area contributed by atoms with E-state index in [4.69, 9.17) is 4.74 Å². The molecule has 1 fully saturated rings. The van der Waals surface area contributed by atoms with Crippen molar-refractivity contribution in [3.63, 3.8) is 0 Å². The van der Waals surface area contributed by atoms with Crippen LogP contribution in [0.15, 0.2) is 36.4 Å². The maximum atomic E-state index is 13.4. The summed E-state index contributed by atoms with van der Waals surface area (Å²) in [5, 5.41) is 10.9. The molecule has 0 spiro atoms. The SMILES string of the molecule is COc1cc(C)cc(O)c1C(CC(=O)N1CC(C)CC(C)C1)c1cccc(NS(C)(=O)=O)c1. The highest BCUT2D eigenvalue weighted by Gasteiger charge is 2.30. The molecule has 0 aromatic heterocycles. The fraction of sp³-hybridized carbons (Fsp3) is 0.480. The number of rotatable bonds is 7. The predicted molar refractivity (Wildman–Crippen MR) is 130 cm³/mol. The van der Waals surface area contributed by atoms with Gasteiger partial charge in [-0.15, -0.1) is 0 Å². The molecule has 7 nitrogen and oxygen atoms in total. The zero-order chi connectivity index (χ0) is 24.3. The minimum atomic E-state index is -3.46. The molecule has 8 heteroatoms. The van der Waals surface area contributed by atoms with Crippen LogP contribution in [0.5, 0.6) is 11.5 Å². The van der Waals surface area contributed by atoms with E-state index in [1.807, 2.05) is 24.0 Å². The molecule has 0 saturated carbocycles. The first-order valence-corrected chi connectivity index (χ1v) is 13.1. The molecule has 0 bridgehead atoms. The average Bonchev–Trinajstić information content (AvgIpc) is 2.70. The number of phenols is 1. The Morgan fingerprint density at radius 2 is 1.88 bits per heavy atom. The second-order valence-corrected chi connectivity index (χ2v) is 11.1. The first-order chi connectivity index (χ1) is 15.5. The summed E-state index contributed by atoms with van der Waals surface area (Å²) < 4.78 is 31.6. The zero-order valence-corrected chi connectivity index (χ0v) is 20.8. The van der Waals surface area contributed by atoms with Crippen molar-refractivity contribution in [3.8, 4) is 11.5 Å². The van der Waals surface area contributed by atoms with Crippen LogP contribution in [0.1, 0.15) is 49.3 Å². The van der Waals surface area contributed by atoms with E-state index < -0.39 is 15.9 Å². The molecule has 1 amide bonds. The summed E-state index contributed by atoms with van der Waals surface area (Å²) in [7, 11) is -1.93. The smallest absolute Gasteiger partial charge is 0.229 e. The Hall–Kier alpha value is -2.74. The number of benzene rings is 2. The normalized spacial score (nSPS) is 19.7. The van der Waals surface area contributed by atoms with Crippen molar-refractivity contribution in [2.24, 2.45) is 11.8 Å². The summed E-state index contributed by atoms with van der Waals surface area (Å²) in [6, 6.07) is 10.4. The minimum Gasteiger partial charge on any atom is -0.507 e. The number of phenolic OH excluding ortho intramolecular Hbond substituents is 1. The van der Waals surface area contributed by atoms with Crippen LogP contribution in [0.2, 0.25) is 0 Å². The van der Waals surface area contributed by atoms with E-state index in [1.165, 1.54) is 7.11 Å². The molecular formula is C25H34N2O5S. The van der Waals surface area contributed by atoms with Crippen LogP contribution in [0, 0.1) is 18.8 Å². The van der Waals surface area contributed by atoms with Crippen LogP contribution in [-0.4, -0.2) is 50.8 Å². The van der Waals surface area contributed by atoms with Crippen LogP contribution >= 0.6 is 0 Å². The number of carbonyl (C=O) groups excluding carboxylic acids is 1. The Bertz CT molecular complexity index is 1110. The molecule has 3 unspecified atom stereocenters. The standard InChI is InChI=1S/C25H34N2O5S/c1-16-10-22(28)25(23(11-16)32-4)21(13-24(29)27-14-17(2)9-18(3)15-27)19-7-6-8-20(12-19)26-33(5,30)31/h6-8,10-12,17-18,21,26,28H,9,13-15H2,1-5H3. The highest BCUT2D eigenvalue weighted by Crippen LogP contribution is 2.42. The van der Waals surface area contributed by atoms with Gasteiger partial charge in [0.2, 0.25) is 15.9 Å². The number of aromatic hydroxyl groups is 1. The van der Waals surface area contributed by atoms with Crippen molar-refractivity contribution < 1.29 is 23.1 Å². The van der Waals surface area contributed by atoms with Gasteiger partial charge in [-0.25, -0.2) is 8.42 Å². The monoisotopic (exact) mass is 474 g/mol. The summed E-state index contributed by atoms with van der Waals surface area (Å²) >= 11 is 0. The lowest BCUT2D eigenvalue weighted by molar-refractivity contribution is -0.134. The highest BCUT2D eigenvalue weighted by molar-refractivity contribution is 7.92. The number of anilines is 1. The van der Waals surface area contributed by atoms with E-state index in [-0.39, 0.29) is 18.1 Å². The molecule has 1 aliphatic rings. The third kappa shape index (κ3) is 6.41. The summed E-state index contributed by atoms with van der Waals surface area (Å²) in [6.07, 6.45) is 2.32. The number of hydrogen-bond donors (Lipinski definition) is 2. The van der Waals surface area contributed by atoms with E-state index in [0.29, 0.717) is 47.5 Å². The molecule has 1 saturated heterocycles. The maximum Gasteiger partial charge on any atom is 0.229 e. The van der Waals surface area contributed by atoms with Gasteiger partial charge in [0.15, 0.2) is 0 Å². The van der Waals surface area contributed by atoms with Gasteiger partial charge in [0, 0.05) is 36.7 Å². The van der Waals surface area contributed by atoms with E-state index in [2.05, 4.69) is 18.6 Å². The van der Waals surface area contributed by atoms with Crippen LogP contribution in [0.25, 0.3) is 0 Å². The summed E-state index contributed by atoms with van der Waals surface area (Å²) in [4.78, 5) is 15.3. The topological polar surface area (TPSA) is 95.9 Å². The van der Waals surface area contributed by atoms with E-state index in [0.717, 1.165) is 18.2 Å². The number of methoxy groups -OCH3 is 1. The third-order valence-electron chi connectivity index (χ3n) is 6.03. The number of amides is 1. The summed E-state index contributed by atoms with van der Waals surface area (Å²) in [6.45, 7) is 7.59. The average molecular weight is 475 g/mol. The summed E-state index contributed by atoms with van der Waals surface area (Å²) in [5.41, 5.74) is 2.47. The zero-order valence-electron chi connectivity index (χ0n) is 20.0. The molecule has 2 N–H and O–H groups in total. The van der Waals surface area contributed by atoms with E-state index >= 15 is 0 Å². The van der Waals surface area contributed by atoms with Gasteiger partial charge in [-0.2, -0.15) is 0 Å². The quantitative estimate of drug-likeness (QED) is 0.630. The lowest BCUT2D eigenvalue weighted by Crippen LogP contribution is -2.43. The molecule has 2 aromatic carbocycles. The molecule has 0 radical (unpaired) electrons. The van der Waals surface area contributed by atoms with E-state index in [1.54, 1.807) is 24.3 Å². The Morgan fingerprint density at radius 3 is 2.48 bits per heavy atom. The molecular weight excluding hydrogens is 440 g/mol. The van der Waals surface area contributed by atoms with Crippen molar-refractivity contribution in [1.82, 2.24) is 4.90 Å². The maximum absolute atomic E-state index is 13.4. The minimum absolute atomic E-state index is 0.00176. The van der Waals surface area contributed by atoms with Crippen LogP contribution in [-0.2, 0) is 14.8 Å². The number of sulfonamides is 1. The van der Waals surface area contributed by atoms with Gasteiger partial charge >= 0.3 is 0 Å². The highest BCUT2D eigenvalue weighted by atomic mass is 32.2. The van der Waals surface area contributed by atoms with Gasteiger partial charge in [-0.1, -0.05) is 26.0 Å². The largest absolute Gasteiger partial charge is 0.507 e. The van der Waals surface area contributed by atoms with Crippen molar-refractivity contribution in [2.75, 3.05) is 31.2 Å². The Balaban J connectivity index is 2.05. The number of aryl methyl sites for hydroxylation is 1. The van der Waals surface area contributed by atoms with Gasteiger partial charge in [0.25, 0.3) is 0 Å². The predicted octanol–water partition coefficient (Wildman–Crippen LogP) is 4.11. The molecule has 180 valence electrons. The fourth-order valence-electron chi connectivity index (χ4n) is 4.85. The van der Waals surface area contributed by atoms with Crippen molar-refractivity contribution in [2.45, 2.75) is 39.5 Å². The summed E-state index contributed by atoms with van der Waals surface area (Å²) in [5.74, 6) is 0.893. The Morgan fingerprint density at radius 1 is 1.21 bits per heavy atom. The Labute approximate surface area is 196 Å². The molecule has 33 heavy (non-hydrogen) atoms. The molecule has 1 heterocycles. The number of carbonyl (C=O) groups is 1. The fourth-order valence-corrected chi connectivity index (χ4v) is 5.41. The number of nitrogens with zero attached hydrogens (tertiary/aromatic N) is 1. The lowest BCUT2D eigenvalue weighted by Gasteiger charge is -2.36. The molecule has 3 rings (SSSR count). The van der Waals surface area contributed by atoms with Gasteiger partial charge in [-0.05, 0) is 60.6 Å². The van der Waals surface area contributed by atoms with Gasteiger partial charge < -0.3 is 14.7 Å². The number of hydrogen-bond acceptors (Lipinski definition) is 5. The first-order valence-electron chi connectivity index (χ1n) is 11.2. The van der Waals surface area contributed by atoms with Crippen LogP contribution in [0.4, 0.5) is 5.69 Å². The first kappa shape index (κ1) is 24.9. The Kier molecular flexibility index (Phi) is 7.57. The number of ether oxygens (including phenoxy) is 1. The van der Waals surface area contributed by atoms with Gasteiger partial charge in [0.1, 0.15) is 11.5 Å². The number of nitrogens with one attached hydrogen (secondary N) is 1. The molecule has 2 aromatic rings. The van der Waals surface area contributed by atoms with Crippen LogP contribution < -0.4 is 9.46 Å². The van der Waals surface area contributed by atoms with Gasteiger partial charge in [0.05, 0.1) is 13.4 Å². The third-order valence-corrected chi connectivity index (χ3v) is 6.63. The number of piperidine rings is 1. The number of likely N-dealkylation sites (tertiary alicyclic amines) is 1. The molecule has 0 aliphatic carbocycles. The molecule has 1 aliphatic heterocycles. The second-order valence-electron chi connectivity index (χ2n) is 9.40. The van der Waals surface area contributed by atoms with Crippen molar-refractivity contribution >= 4 is 21.6 Å².